The molecule has 0 bridgehead atoms. The zero-order chi connectivity index (χ0) is 45.9. The van der Waals surface area contributed by atoms with Gasteiger partial charge in [0.25, 0.3) is 0 Å². The normalized spacial score (nSPS) is 13.8. The summed E-state index contributed by atoms with van der Waals surface area (Å²) in [5.74, 6) is -0.523. The van der Waals surface area contributed by atoms with Crippen molar-refractivity contribution in [1.82, 2.24) is 5.32 Å². The van der Waals surface area contributed by atoms with E-state index >= 15 is 0 Å². The molecule has 6 heteroatoms. The maximum absolute atomic E-state index is 13.2. The van der Waals surface area contributed by atoms with Crippen LogP contribution < -0.4 is 5.32 Å². The van der Waals surface area contributed by atoms with Gasteiger partial charge in [-0.2, -0.15) is 0 Å². The molecule has 0 spiro atoms. The Morgan fingerprint density at radius 3 is 1.29 bits per heavy atom. The average Bonchev–Trinajstić information content (AvgIpc) is 3.28. The van der Waals surface area contributed by atoms with E-state index in [0.717, 1.165) is 70.6 Å². The minimum Gasteiger partial charge on any atom is -0.462 e. The maximum Gasteiger partial charge on any atom is 0.306 e. The minimum absolute atomic E-state index is 0.0585. The average molecular weight is 880 g/mol. The second-order valence-electron chi connectivity index (χ2n) is 18.1. The molecule has 0 saturated carbocycles. The third-order valence-corrected chi connectivity index (χ3v) is 12.0. The van der Waals surface area contributed by atoms with E-state index in [0.29, 0.717) is 19.3 Å². The molecule has 0 aromatic heterocycles. The summed E-state index contributed by atoms with van der Waals surface area (Å²) >= 11 is 0. The Kier molecular flexibility index (Phi) is 48.1. The number of unbranched alkanes of at least 4 members (excludes halogenated alkanes) is 28. The molecule has 0 aliphatic heterocycles. The summed E-state index contributed by atoms with van der Waals surface area (Å²) in [6, 6.07) is -0.712. The second-order valence-corrected chi connectivity index (χ2v) is 18.1. The van der Waals surface area contributed by atoms with E-state index < -0.39 is 18.2 Å². The Balaban J connectivity index is 4.54. The van der Waals surface area contributed by atoms with E-state index in [4.69, 9.17) is 4.74 Å². The van der Waals surface area contributed by atoms with E-state index in [1.807, 2.05) is 48.6 Å². The second kappa shape index (κ2) is 50.3. The van der Waals surface area contributed by atoms with Crippen molar-refractivity contribution in [3.8, 4) is 0 Å². The highest BCUT2D eigenvalue weighted by atomic mass is 16.5. The number of aliphatic hydroxyl groups is 2. The molecule has 0 aliphatic carbocycles. The molecule has 0 aliphatic rings. The number of amides is 1. The number of hydrogen-bond acceptors (Lipinski definition) is 5. The van der Waals surface area contributed by atoms with Gasteiger partial charge in [-0.15, -0.1) is 0 Å². The van der Waals surface area contributed by atoms with Crippen molar-refractivity contribution in [3.05, 3.63) is 72.9 Å². The fourth-order valence-electron chi connectivity index (χ4n) is 7.93. The summed E-state index contributed by atoms with van der Waals surface area (Å²) < 4.78 is 5.91. The van der Waals surface area contributed by atoms with E-state index in [1.165, 1.54) is 135 Å². The van der Waals surface area contributed by atoms with Crippen LogP contribution in [-0.4, -0.2) is 46.9 Å². The monoisotopic (exact) mass is 880 g/mol. The molecule has 0 aromatic carbocycles. The number of aliphatic hydroxyl groups excluding tert-OH is 2. The summed E-state index contributed by atoms with van der Waals surface area (Å²) in [7, 11) is 0. The lowest BCUT2D eigenvalue weighted by molar-refractivity contribution is -0.151. The van der Waals surface area contributed by atoms with E-state index in [2.05, 4.69) is 50.4 Å². The molecule has 364 valence electrons. The first kappa shape index (κ1) is 60.3. The molecule has 1 amide bonds. The molecule has 0 aromatic rings. The number of nitrogens with one attached hydrogen (secondary N) is 1. The van der Waals surface area contributed by atoms with Crippen LogP contribution in [0.5, 0.6) is 0 Å². The predicted molar refractivity (Wildman–Crippen MR) is 273 cm³/mol. The number of hydrogen-bond donors (Lipinski definition) is 3. The summed E-state index contributed by atoms with van der Waals surface area (Å²) in [6.45, 7) is 6.33. The van der Waals surface area contributed by atoms with Crippen LogP contribution >= 0.6 is 0 Å². The van der Waals surface area contributed by atoms with Crippen LogP contribution in [0.4, 0.5) is 0 Å². The SMILES string of the molecule is CC\C=C/C=C/C=C/C=C\C=C\C=C\CCCCCC(=O)OC(CCCCCCCCCCCC)CC(=O)NC(CO)C(O)CCCCCCCCCCCCCCCCCCC. The van der Waals surface area contributed by atoms with Crippen LogP contribution in [-0.2, 0) is 14.3 Å². The molecule has 3 atom stereocenters. The van der Waals surface area contributed by atoms with Gasteiger partial charge in [-0.25, -0.2) is 0 Å². The fraction of sp³-hybridized carbons (Fsp3) is 0.754. The lowest BCUT2D eigenvalue weighted by Crippen LogP contribution is -2.46. The van der Waals surface area contributed by atoms with E-state index in [9.17, 15) is 19.8 Å². The molecule has 6 nitrogen and oxygen atoms in total. The number of rotatable bonds is 47. The zero-order valence-electron chi connectivity index (χ0n) is 41.4. The summed E-state index contributed by atoms with van der Waals surface area (Å²) in [6.07, 6.45) is 63.9. The minimum atomic E-state index is -0.797. The highest BCUT2D eigenvalue weighted by Gasteiger charge is 2.24. The van der Waals surface area contributed by atoms with Gasteiger partial charge in [0.15, 0.2) is 0 Å². The highest BCUT2D eigenvalue weighted by molar-refractivity contribution is 5.77. The molecule has 0 radical (unpaired) electrons. The molecular formula is C57H101NO5. The molecule has 0 fully saturated rings. The largest absolute Gasteiger partial charge is 0.462 e. The Hall–Kier alpha value is -2.70. The lowest BCUT2D eigenvalue weighted by atomic mass is 10.0. The number of allylic oxidation sites excluding steroid dienone is 12. The Bertz CT molecular complexity index is 1170. The van der Waals surface area contributed by atoms with Crippen molar-refractivity contribution in [2.45, 2.75) is 270 Å². The van der Waals surface area contributed by atoms with Gasteiger partial charge in [0, 0.05) is 6.42 Å². The van der Waals surface area contributed by atoms with Crippen molar-refractivity contribution in [3.63, 3.8) is 0 Å². The molecule has 0 rings (SSSR count). The first-order chi connectivity index (χ1) is 31.0. The van der Waals surface area contributed by atoms with Gasteiger partial charge in [0.1, 0.15) is 6.10 Å². The summed E-state index contributed by atoms with van der Waals surface area (Å²) in [5.41, 5.74) is 0. The van der Waals surface area contributed by atoms with Crippen molar-refractivity contribution < 1.29 is 24.5 Å². The molecule has 0 saturated heterocycles. The fourth-order valence-corrected chi connectivity index (χ4v) is 7.93. The van der Waals surface area contributed by atoms with Crippen LogP contribution in [0.15, 0.2) is 72.9 Å². The van der Waals surface area contributed by atoms with Gasteiger partial charge in [-0.05, 0) is 44.9 Å². The topological polar surface area (TPSA) is 95.9 Å². The van der Waals surface area contributed by atoms with Crippen LogP contribution in [0, 0.1) is 0 Å². The van der Waals surface area contributed by atoms with Crippen molar-refractivity contribution in [1.29, 1.82) is 0 Å². The van der Waals surface area contributed by atoms with Crippen molar-refractivity contribution >= 4 is 11.9 Å². The quantitative estimate of drug-likeness (QED) is 0.0321. The first-order valence-corrected chi connectivity index (χ1v) is 26.7. The Labute approximate surface area is 390 Å². The van der Waals surface area contributed by atoms with Gasteiger partial charge in [-0.1, -0.05) is 267 Å². The third kappa shape index (κ3) is 45.7. The third-order valence-electron chi connectivity index (χ3n) is 12.0. The molecule has 3 unspecified atom stereocenters. The summed E-state index contributed by atoms with van der Waals surface area (Å²) in [4.78, 5) is 26.1. The number of carbonyl (C=O) groups excluding carboxylic acids is 2. The van der Waals surface area contributed by atoms with Crippen molar-refractivity contribution in [2.24, 2.45) is 0 Å². The van der Waals surface area contributed by atoms with Crippen LogP contribution in [0.2, 0.25) is 0 Å². The van der Waals surface area contributed by atoms with Crippen LogP contribution in [0.1, 0.15) is 252 Å². The molecule has 0 heterocycles. The van der Waals surface area contributed by atoms with E-state index in [1.54, 1.807) is 0 Å². The predicted octanol–water partition coefficient (Wildman–Crippen LogP) is 16.2. The van der Waals surface area contributed by atoms with Gasteiger partial charge in [0.05, 0.1) is 25.2 Å². The summed E-state index contributed by atoms with van der Waals surface area (Å²) in [5, 5.41) is 23.8. The number of carbonyl (C=O) groups is 2. The number of ether oxygens (including phenoxy) is 1. The Morgan fingerprint density at radius 2 is 0.857 bits per heavy atom. The molecule has 63 heavy (non-hydrogen) atoms. The van der Waals surface area contributed by atoms with Crippen LogP contribution in [0.3, 0.4) is 0 Å². The molecule has 3 N–H and O–H groups in total. The van der Waals surface area contributed by atoms with Gasteiger partial charge in [-0.3, -0.25) is 9.59 Å². The molecular weight excluding hydrogens is 779 g/mol. The maximum atomic E-state index is 13.2. The smallest absolute Gasteiger partial charge is 0.306 e. The lowest BCUT2D eigenvalue weighted by Gasteiger charge is -2.24. The van der Waals surface area contributed by atoms with Crippen molar-refractivity contribution in [2.75, 3.05) is 6.61 Å². The zero-order valence-corrected chi connectivity index (χ0v) is 41.4. The van der Waals surface area contributed by atoms with E-state index in [-0.39, 0.29) is 24.9 Å². The number of esters is 1. The Morgan fingerprint density at radius 1 is 0.476 bits per heavy atom. The van der Waals surface area contributed by atoms with Gasteiger partial charge in [0.2, 0.25) is 5.91 Å². The van der Waals surface area contributed by atoms with Gasteiger partial charge >= 0.3 is 5.97 Å². The standard InChI is InChI=1S/C57H101NO5/c1-4-7-10-13-16-19-22-24-26-28-30-32-34-37-40-43-46-49-55(60)54(52-59)58-56(61)51-53(48-45-42-39-36-21-18-15-12-9-6-3)63-57(62)50-47-44-41-38-35-33-31-29-27-25-23-20-17-14-11-8-5-2/h8,11,14,17,20,23,25,27,29,31,33,35,53-55,59-60H,4-7,9-10,12-13,15-16,18-19,21-22,24,26,28,30,32,34,36-52H2,1-3H3,(H,58,61)/b11-8-,17-14+,23-20+,27-25-,31-29+,35-33+. The highest BCUT2D eigenvalue weighted by Crippen LogP contribution is 2.18. The van der Waals surface area contributed by atoms with Crippen LogP contribution in [0.25, 0.3) is 0 Å². The van der Waals surface area contributed by atoms with Gasteiger partial charge < -0.3 is 20.3 Å². The first-order valence-electron chi connectivity index (χ1n) is 26.7.